The van der Waals surface area contributed by atoms with Gasteiger partial charge in [0.05, 0.1) is 6.54 Å². The summed E-state index contributed by atoms with van der Waals surface area (Å²) in [5.41, 5.74) is 5.95. The fourth-order valence-electron chi connectivity index (χ4n) is 1.96. The Bertz CT molecular complexity index is 633. The second-order valence-corrected chi connectivity index (χ2v) is 6.82. The van der Waals surface area contributed by atoms with Crippen LogP contribution in [0.15, 0.2) is 23.1 Å². The van der Waals surface area contributed by atoms with Crippen LogP contribution < -0.4 is 5.73 Å². The molecule has 108 valence electrons. The molecule has 0 aliphatic heterocycles. The number of sulfonamides is 1. The lowest BCUT2D eigenvalue weighted by atomic mass is 10.2. The van der Waals surface area contributed by atoms with Crippen molar-refractivity contribution in [2.24, 2.45) is 11.7 Å². The Labute approximate surface area is 118 Å². The van der Waals surface area contributed by atoms with Crippen molar-refractivity contribution >= 4 is 10.0 Å². The Kier molecular flexibility index (Phi) is 4.43. The van der Waals surface area contributed by atoms with E-state index in [1.54, 1.807) is 0 Å². The number of nitrogens with two attached hydrogens (primary N) is 1. The van der Waals surface area contributed by atoms with E-state index >= 15 is 0 Å². The molecule has 1 fully saturated rings. The van der Waals surface area contributed by atoms with Gasteiger partial charge in [0.2, 0.25) is 10.0 Å². The normalized spacial score (nSPS) is 15.3. The Morgan fingerprint density at radius 2 is 2.15 bits per heavy atom. The highest BCUT2D eigenvalue weighted by Crippen LogP contribution is 2.32. The molecule has 0 spiro atoms. The second-order valence-electron chi connectivity index (χ2n) is 4.91. The monoisotopic (exact) mass is 296 g/mol. The van der Waals surface area contributed by atoms with E-state index in [1.165, 1.54) is 16.4 Å². The molecule has 1 aromatic rings. The van der Waals surface area contributed by atoms with Gasteiger partial charge in [0, 0.05) is 13.1 Å². The van der Waals surface area contributed by atoms with Gasteiger partial charge in [-0.2, -0.15) is 4.31 Å². The van der Waals surface area contributed by atoms with Gasteiger partial charge in [-0.3, -0.25) is 0 Å². The molecule has 2 rings (SSSR count). The number of benzene rings is 1. The number of nitrogens with zero attached hydrogens (tertiary/aromatic N) is 1. The molecular weight excluding hydrogens is 279 g/mol. The average molecular weight is 296 g/mol. The van der Waals surface area contributed by atoms with Gasteiger partial charge in [0.1, 0.15) is 10.7 Å². The molecule has 1 aromatic carbocycles. The van der Waals surface area contributed by atoms with E-state index in [0.29, 0.717) is 18.0 Å². The molecular formula is C14H17FN2O2S. The van der Waals surface area contributed by atoms with Gasteiger partial charge in [-0.15, -0.1) is 6.42 Å². The molecule has 0 unspecified atom stereocenters. The number of terminal acetylenes is 1. The number of hydrogen-bond acceptors (Lipinski definition) is 3. The Morgan fingerprint density at radius 1 is 1.45 bits per heavy atom. The first-order valence-electron chi connectivity index (χ1n) is 6.41. The van der Waals surface area contributed by atoms with Crippen molar-refractivity contribution < 1.29 is 12.8 Å². The van der Waals surface area contributed by atoms with Crippen molar-refractivity contribution in [1.29, 1.82) is 0 Å². The van der Waals surface area contributed by atoms with Crippen molar-refractivity contribution in [3.05, 3.63) is 29.6 Å². The third-order valence-corrected chi connectivity index (χ3v) is 5.12. The fraction of sp³-hybridized carbons (Fsp3) is 0.429. The maximum absolute atomic E-state index is 14.0. The highest BCUT2D eigenvalue weighted by molar-refractivity contribution is 7.89. The quantitative estimate of drug-likeness (QED) is 0.805. The highest BCUT2D eigenvalue weighted by atomic mass is 32.2. The average Bonchev–Trinajstić information content (AvgIpc) is 3.21. The van der Waals surface area contributed by atoms with Gasteiger partial charge < -0.3 is 5.73 Å². The predicted molar refractivity (Wildman–Crippen MR) is 74.6 cm³/mol. The molecule has 0 amide bonds. The minimum atomic E-state index is -3.90. The molecule has 0 heterocycles. The van der Waals surface area contributed by atoms with Crippen LogP contribution in [-0.2, 0) is 16.6 Å². The van der Waals surface area contributed by atoms with Crippen molar-refractivity contribution in [2.45, 2.75) is 24.3 Å². The summed E-state index contributed by atoms with van der Waals surface area (Å²) in [4.78, 5) is -0.342. The van der Waals surface area contributed by atoms with E-state index in [1.807, 2.05) is 0 Å². The number of halogens is 1. The largest absolute Gasteiger partial charge is 0.326 e. The molecule has 2 N–H and O–H groups in total. The van der Waals surface area contributed by atoms with Crippen LogP contribution in [0.4, 0.5) is 4.39 Å². The zero-order valence-electron chi connectivity index (χ0n) is 11.0. The summed E-state index contributed by atoms with van der Waals surface area (Å²) in [6.07, 6.45) is 7.20. The van der Waals surface area contributed by atoms with Crippen LogP contribution in [-0.4, -0.2) is 25.8 Å². The maximum atomic E-state index is 14.0. The molecule has 0 radical (unpaired) electrons. The SMILES string of the molecule is C#CCN(CC1CC1)S(=O)(=O)c1ccc(CN)cc1F. The first-order valence-corrected chi connectivity index (χ1v) is 7.85. The van der Waals surface area contributed by atoms with Gasteiger partial charge in [-0.25, -0.2) is 12.8 Å². The summed E-state index contributed by atoms with van der Waals surface area (Å²) in [6, 6.07) is 3.92. The van der Waals surface area contributed by atoms with Crippen LogP contribution in [0.1, 0.15) is 18.4 Å². The summed E-state index contributed by atoms with van der Waals surface area (Å²) in [7, 11) is -3.90. The topological polar surface area (TPSA) is 63.4 Å². The smallest absolute Gasteiger partial charge is 0.246 e. The molecule has 1 aliphatic carbocycles. The molecule has 1 aliphatic rings. The zero-order chi connectivity index (χ0) is 14.8. The van der Waals surface area contributed by atoms with E-state index in [-0.39, 0.29) is 18.0 Å². The van der Waals surface area contributed by atoms with Crippen LogP contribution in [0.25, 0.3) is 0 Å². The van der Waals surface area contributed by atoms with Gasteiger partial charge in [0.25, 0.3) is 0 Å². The Morgan fingerprint density at radius 3 is 2.65 bits per heavy atom. The molecule has 0 bridgehead atoms. The van der Waals surface area contributed by atoms with Gasteiger partial charge in [-0.05, 0) is 36.5 Å². The van der Waals surface area contributed by atoms with E-state index in [4.69, 9.17) is 12.2 Å². The number of hydrogen-bond donors (Lipinski definition) is 1. The van der Waals surface area contributed by atoms with Crippen molar-refractivity contribution in [3.63, 3.8) is 0 Å². The zero-order valence-corrected chi connectivity index (χ0v) is 11.9. The first-order chi connectivity index (χ1) is 9.48. The van der Waals surface area contributed by atoms with Crippen LogP contribution in [0, 0.1) is 24.1 Å². The van der Waals surface area contributed by atoms with Gasteiger partial charge in [0.15, 0.2) is 0 Å². The summed E-state index contributed by atoms with van der Waals surface area (Å²) in [6.45, 7) is 0.467. The van der Waals surface area contributed by atoms with Crippen LogP contribution in [0.2, 0.25) is 0 Å². The molecule has 4 nitrogen and oxygen atoms in total. The van der Waals surface area contributed by atoms with Gasteiger partial charge >= 0.3 is 0 Å². The second kappa shape index (κ2) is 5.92. The van der Waals surface area contributed by atoms with Crippen molar-refractivity contribution in [3.8, 4) is 12.3 Å². The molecule has 1 saturated carbocycles. The fourth-order valence-corrected chi connectivity index (χ4v) is 3.43. The van der Waals surface area contributed by atoms with Gasteiger partial charge in [-0.1, -0.05) is 12.0 Å². The molecule has 6 heteroatoms. The molecule has 20 heavy (non-hydrogen) atoms. The summed E-state index contributed by atoms with van der Waals surface area (Å²) in [5, 5.41) is 0. The van der Waals surface area contributed by atoms with Crippen LogP contribution in [0.5, 0.6) is 0 Å². The first kappa shape index (κ1) is 15.0. The van der Waals surface area contributed by atoms with Crippen molar-refractivity contribution in [2.75, 3.05) is 13.1 Å². The Balaban J connectivity index is 2.33. The van der Waals surface area contributed by atoms with Crippen LogP contribution >= 0.6 is 0 Å². The van der Waals surface area contributed by atoms with E-state index in [2.05, 4.69) is 5.92 Å². The Hall–Kier alpha value is -1.42. The molecule has 0 aromatic heterocycles. The summed E-state index contributed by atoms with van der Waals surface area (Å²) >= 11 is 0. The minimum absolute atomic E-state index is 0.0447. The van der Waals surface area contributed by atoms with E-state index < -0.39 is 15.8 Å². The lowest BCUT2D eigenvalue weighted by Gasteiger charge is -2.20. The third-order valence-electron chi connectivity index (χ3n) is 3.28. The molecule has 0 atom stereocenters. The summed E-state index contributed by atoms with van der Waals surface area (Å²) < 4.78 is 40.1. The lowest BCUT2D eigenvalue weighted by Crippen LogP contribution is -2.34. The van der Waals surface area contributed by atoms with Crippen LogP contribution in [0.3, 0.4) is 0 Å². The standard InChI is InChI=1S/C14H17FN2O2S/c1-2-7-17(10-11-3-4-11)20(18,19)14-6-5-12(9-16)8-13(14)15/h1,5-6,8,11H,3-4,7,9-10,16H2. The van der Waals surface area contributed by atoms with E-state index in [0.717, 1.165) is 18.9 Å². The van der Waals surface area contributed by atoms with Crippen molar-refractivity contribution in [1.82, 2.24) is 4.31 Å². The maximum Gasteiger partial charge on any atom is 0.246 e. The molecule has 0 saturated heterocycles. The minimum Gasteiger partial charge on any atom is -0.326 e. The highest BCUT2D eigenvalue weighted by Gasteiger charge is 2.32. The summed E-state index contributed by atoms with van der Waals surface area (Å²) in [5.74, 6) is 1.87. The van der Waals surface area contributed by atoms with E-state index in [9.17, 15) is 12.8 Å². The number of rotatable bonds is 6. The predicted octanol–water partition coefficient (Wildman–Crippen LogP) is 1.32. The third kappa shape index (κ3) is 3.18. The lowest BCUT2D eigenvalue weighted by molar-refractivity contribution is 0.425.